The molecule has 0 aliphatic carbocycles. The van der Waals surface area contributed by atoms with E-state index >= 15 is 0 Å². The number of hydrogen-bond acceptors (Lipinski definition) is 2. The lowest BCUT2D eigenvalue weighted by molar-refractivity contribution is 0.101. The van der Waals surface area contributed by atoms with Crippen molar-refractivity contribution in [1.29, 1.82) is 0 Å². The monoisotopic (exact) mass is 354 g/mol. The first-order valence-electron chi connectivity index (χ1n) is 4.25. The van der Waals surface area contributed by atoms with Crippen LogP contribution in [0, 0.1) is 0 Å². The van der Waals surface area contributed by atoms with E-state index in [0.717, 1.165) is 0 Å². The number of carbonyl (C=O) groups is 1. The van der Waals surface area contributed by atoms with E-state index in [1.165, 1.54) is 6.92 Å². The molecule has 5 heteroatoms. The summed E-state index contributed by atoms with van der Waals surface area (Å²) in [5.74, 6) is 0.481. The van der Waals surface area contributed by atoms with Gasteiger partial charge in [-0.15, -0.1) is 0 Å². The summed E-state index contributed by atoms with van der Waals surface area (Å²) in [6.07, 6.45) is 0. The van der Waals surface area contributed by atoms with Crippen molar-refractivity contribution < 1.29 is 9.53 Å². The van der Waals surface area contributed by atoms with Crippen LogP contribution in [0.3, 0.4) is 0 Å². The van der Waals surface area contributed by atoms with Gasteiger partial charge in [0.1, 0.15) is 5.75 Å². The molecule has 0 saturated heterocycles. The van der Waals surface area contributed by atoms with Gasteiger partial charge in [-0.05, 0) is 35.0 Å². The summed E-state index contributed by atoms with van der Waals surface area (Å²) in [4.78, 5) is 11.4. The normalized spacial score (nSPS) is 10.1. The Morgan fingerprint density at radius 1 is 1.53 bits per heavy atom. The highest BCUT2D eigenvalue weighted by Gasteiger charge is 2.13. The van der Waals surface area contributed by atoms with Crippen LogP contribution in [0.15, 0.2) is 16.6 Å². The zero-order chi connectivity index (χ0) is 11.4. The molecule has 15 heavy (non-hydrogen) atoms. The lowest BCUT2D eigenvalue weighted by Crippen LogP contribution is -2.04. The molecule has 82 valence electrons. The van der Waals surface area contributed by atoms with Crippen LogP contribution in [-0.4, -0.2) is 17.7 Å². The van der Waals surface area contributed by atoms with Crippen molar-refractivity contribution in [3.05, 3.63) is 27.2 Å². The third-order valence-electron chi connectivity index (χ3n) is 1.71. The van der Waals surface area contributed by atoms with Crippen molar-refractivity contribution in [2.75, 3.05) is 11.9 Å². The van der Waals surface area contributed by atoms with Crippen molar-refractivity contribution in [3.63, 3.8) is 0 Å². The third kappa shape index (κ3) is 3.47. The number of ether oxygens (including phenoxy) is 1. The molecular formula is C10H9Br2ClO2. The van der Waals surface area contributed by atoms with Crippen molar-refractivity contribution >= 4 is 49.2 Å². The average Bonchev–Trinajstić information content (AvgIpc) is 2.15. The summed E-state index contributed by atoms with van der Waals surface area (Å²) < 4.78 is 6.16. The highest BCUT2D eigenvalue weighted by atomic mass is 79.9. The number of carbonyl (C=O) groups excluding carboxylic acids is 1. The van der Waals surface area contributed by atoms with E-state index in [9.17, 15) is 4.79 Å². The second-order valence-electron chi connectivity index (χ2n) is 2.86. The fourth-order valence-electron chi connectivity index (χ4n) is 1.11. The van der Waals surface area contributed by atoms with Crippen LogP contribution < -0.4 is 4.74 Å². The molecule has 0 spiro atoms. The molecule has 0 aromatic heterocycles. The lowest BCUT2D eigenvalue weighted by Gasteiger charge is -2.11. The molecule has 0 atom stereocenters. The molecule has 0 radical (unpaired) electrons. The lowest BCUT2D eigenvalue weighted by atomic mass is 10.1. The molecule has 0 saturated carbocycles. The van der Waals surface area contributed by atoms with Gasteiger partial charge in [0.05, 0.1) is 16.6 Å². The molecule has 0 fully saturated rings. The third-order valence-corrected chi connectivity index (χ3v) is 2.84. The van der Waals surface area contributed by atoms with Gasteiger partial charge in [-0.25, -0.2) is 0 Å². The Morgan fingerprint density at radius 2 is 2.20 bits per heavy atom. The summed E-state index contributed by atoms with van der Waals surface area (Å²) in [7, 11) is 0. The van der Waals surface area contributed by atoms with Gasteiger partial charge in [0.25, 0.3) is 0 Å². The number of ketones is 1. The van der Waals surface area contributed by atoms with E-state index in [2.05, 4.69) is 31.9 Å². The Bertz CT molecular complexity index is 380. The second-order valence-corrected chi connectivity index (χ2v) is 4.94. The molecule has 0 unspecified atom stereocenters. The van der Waals surface area contributed by atoms with E-state index in [4.69, 9.17) is 16.3 Å². The second kappa shape index (κ2) is 5.87. The van der Waals surface area contributed by atoms with E-state index in [1.54, 1.807) is 12.1 Å². The number of rotatable bonds is 4. The van der Waals surface area contributed by atoms with Crippen molar-refractivity contribution in [3.8, 4) is 5.75 Å². The van der Waals surface area contributed by atoms with Gasteiger partial charge in [0.15, 0.2) is 5.78 Å². The predicted octanol–water partition coefficient (Wildman–Crippen LogP) is 4.08. The summed E-state index contributed by atoms with van der Waals surface area (Å²) in [5, 5.41) is 1.22. The van der Waals surface area contributed by atoms with Crippen LogP contribution in [0.2, 0.25) is 5.02 Å². The van der Waals surface area contributed by atoms with E-state index in [0.29, 0.717) is 32.7 Å². The summed E-state index contributed by atoms with van der Waals surface area (Å²) in [6.45, 7) is 1.99. The minimum Gasteiger partial charge on any atom is -0.491 e. The van der Waals surface area contributed by atoms with E-state index in [1.807, 2.05) is 0 Å². The van der Waals surface area contributed by atoms with Gasteiger partial charge in [-0.3, -0.25) is 4.79 Å². The number of benzene rings is 1. The standard InChI is InChI=1S/C10H9Br2ClO2/c1-6(14)8-4-7(13)5-9(12)10(8)15-3-2-11/h4-5H,2-3H2,1H3. The first kappa shape index (κ1) is 13.0. The molecule has 2 nitrogen and oxygen atoms in total. The zero-order valence-corrected chi connectivity index (χ0v) is 11.9. The van der Waals surface area contributed by atoms with Crippen LogP contribution in [-0.2, 0) is 0 Å². The number of alkyl halides is 1. The average molecular weight is 356 g/mol. The first-order chi connectivity index (χ1) is 7.06. The molecule has 0 aliphatic heterocycles. The van der Waals surface area contributed by atoms with Gasteiger partial charge in [0.2, 0.25) is 0 Å². The van der Waals surface area contributed by atoms with Crippen molar-refractivity contribution in [2.24, 2.45) is 0 Å². The maximum Gasteiger partial charge on any atom is 0.163 e. The molecule has 0 bridgehead atoms. The summed E-state index contributed by atoms with van der Waals surface area (Å²) in [6, 6.07) is 3.32. The molecule has 0 amide bonds. The molecule has 1 rings (SSSR count). The number of Topliss-reactive ketones (excluding diaryl/α,β-unsaturated/α-hetero) is 1. The van der Waals surface area contributed by atoms with Gasteiger partial charge < -0.3 is 4.74 Å². The zero-order valence-electron chi connectivity index (χ0n) is 8.02. The predicted molar refractivity (Wildman–Crippen MR) is 68.4 cm³/mol. The van der Waals surface area contributed by atoms with E-state index < -0.39 is 0 Å². The summed E-state index contributed by atoms with van der Waals surface area (Å²) >= 11 is 12.4. The minimum atomic E-state index is -0.0669. The Balaban J connectivity index is 3.15. The number of halogens is 3. The van der Waals surface area contributed by atoms with Crippen LogP contribution in [0.4, 0.5) is 0 Å². The van der Waals surface area contributed by atoms with Gasteiger partial charge >= 0.3 is 0 Å². The molecule has 0 N–H and O–H groups in total. The molecule has 0 heterocycles. The van der Waals surface area contributed by atoms with Crippen molar-refractivity contribution in [2.45, 2.75) is 6.92 Å². The Labute approximate surface area is 110 Å². The molecule has 0 aliphatic rings. The topological polar surface area (TPSA) is 26.3 Å². The number of hydrogen-bond donors (Lipinski definition) is 0. The van der Waals surface area contributed by atoms with Crippen LogP contribution in [0.1, 0.15) is 17.3 Å². The molecular weight excluding hydrogens is 347 g/mol. The van der Waals surface area contributed by atoms with Crippen LogP contribution >= 0.6 is 43.5 Å². The van der Waals surface area contributed by atoms with Gasteiger partial charge in [-0.1, -0.05) is 27.5 Å². The largest absolute Gasteiger partial charge is 0.491 e. The fourth-order valence-corrected chi connectivity index (χ4v) is 2.20. The highest BCUT2D eigenvalue weighted by Crippen LogP contribution is 2.33. The molecule has 1 aromatic carbocycles. The SMILES string of the molecule is CC(=O)c1cc(Cl)cc(Br)c1OCCBr. The Hall–Kier alpha value is -0.0600. The molecule has 1 aromatic rings. The van der Waals surface area contributed by atoms with Gasteiger partial charge in [0, 0.05) is 10.4 Å². The van der Waals surface area contributed by atoms with Crippen LogP contribution in [0.25, 0.3) is 0 Å². The smallest absolute Gasteiger partial charge is 0.163 e. The maximum atomic E-state index is 11.4. The first-order valence-corrected chi connectivity index (χ1v) is 6.54. The Morgan fingerprint density at radius 3 is 2.73 bits per heavy atom. The Kier molecular flexibility index (Phi) is 5.09. The summed E-state index contributed by atoms with van der Waals surface area (Å²) in [5.41, 5.74) is 0.496. The quantitative estimate of drug-likeness (QED) is 0.600. The highest BCUT2D eigenvalue weighted by molar-refractivity contribution is 9.10. The van der Waals surface area contributed by atoms with Crippen LogP contribution in [0.5, 0.6) is 5.75 Å². The minimum absolute atomic E-state index is 0.0669. The van der Waals surface area contributed by atoms with Crippen molar-refractivity contribution in [1.82, 2.24) is 0 Å². The van der Waals surface area contributed by atoms with Gasteiger partial charge in [-0.2, -0.15) is 0 Å². The maximum absolute atomic E-state index is 11.4. The van der Waals surface area contributed by atoms with E-state index in [-0.39, 0.29) is 5.78 Å². The fraction of sp³-hybridized carbons (Fsp3) is 0.300.